The molecule has 0 radical (unpaired) electrons. The molecule has 0 aliphatic heterocycles. The first-order chi connectivity index (χ1) is 10.8. The number of ether oxygens (including phenoxy) is 1. The second-order valence-corrected chi connectivity index (χ2v) is 6.57. The number of thioether (sulfide) groups is 1. The molecule has 1 aromatic carbocycles. The Morgan fingerprint density at radius 1 is 1.45 bits per heavy atom. The van der Waals surface area contributed by atoms with Gasteiger partial charge in [0.05, 0.1) is 12.8 Å². The molecule has 0 saturated carbocycles. The fourth-order valence-electron chi connectivity index (χ4n) is 1.79. The monoisotopic (exact) mass is 335 g/mol. The molecule has 0 bridgehead atoms. The van der Waals surface area contributed by atoms with Gasteiger partial charge >= 0.3 is 0 Å². The zero-order valence-electron chi connectivity index (χ0n) is 11.7. The minimum absolute atomic E-state index is 0.0556. The summed E-state index contributed by atoms with van der Waals surface area (Å²) in [5, 5.41) is 14.8. The van der Waals surface area contributed by atoms with Gasteiger partial charge in [-0.05, 0) is 12.1 Å². The summed E-state index contributed by atoms with van der Waals surface area (Å²) >= 11 is 2.98. The summed E-state index contributed by atoms with van der Waals surface area (Å²) in [6, 6.07) is 7.33. The minimum atomic E-state index is -0.0556. The van der Waals surface area contributed by atoms with E-state index >= 15 is 0 Å². The van der Waals surface area contributed by atoms with Crippen molar-refractivity contribution in [3.63, 3.8) is 0 Å². The predicted octanol–water partition coefficient (Wildman–Crippen LogP) is 2.32. The first-order valence-electron chi connectivity index (χ1n) is 6.49. The molecule has 9 heteroatoms. The first kappa shape index (κ1) is 14.8. The van der Waals surface area contributed by atoms with E-state index in [2.05, 4.69) is 20.6 Å². The van der Waals surface area contributed by atoms with Crippen LogP contribution in [0.2, 0.25) is 0 Å². The van der Waals surface area contributed by atoms with Gasteiger partial charge in [-0.2, -0.15) is 4.52 Å². The number of rotatable bonds is 6. The van der Waals surface area contributed by atoms with Crippen molar-refractivity contribution in [2.45, 2.75) is 10.8 Å². The van der Waals surface area contributed by atoms with E-state index in [1.54, 1.807) is 18.0 Å². The molecule has 7 nitrogen and oxygen atoms in total. The van der Waals surface area contributed by atoms with Crippen LogP contribution in [0.15, 0.2) is 34.9 Å². The lowest BCUT2D eigenvalue weighted by atomic mass is 10.3. The molecule has 0 aliphatic rings. The third-order valence-corrected chi connectivity index (χ3v) is 4.85. The van der Waals surface area contributed by atoms with Gasteiger partial charge in [0.15, 0.2) is 4.34 Å². The van der Waals surface area contributed by atoms with Crippen molar-refractivity contribution < 1.29 is 9.53 Å². The zero-order valence-corrected chi connectivity index (χ0v) is 13.4. The van der Waals surface area contributed by atoms with Crippen LogP contribution >= 0.6 is 23.1 Å². The van der Waals surface area contributed by atoms with Gasteiger partial charge in [0.1, 0.15) is 12.1 Å². The van der Waals surface area contributed by atoms with Gasteiger partial charge in [-0.1, -0.05) is 35.2 Å². The van der Waals surface area contributed by atoms with Crippen LogP contribution in [0.4, 0.5) is 5.69 Å². The number of anilines is 1. The Morgan fingerprint density at radius 3 is 3.14 bits per heavy atom. The van der Waals surface area contributed by atoms with Crippen molar-refractivity contribution in [1.29, 1.82) is 0 Å². The molecule has 0 aliphatic carbocycles. The zero-order chi connectivity index (χ0) is 15.4. The van der Waals surface area contributed by atoms with Crippen molar-refractivity contribution in [2.24, 2.45) is 0 Å². The summed E-state index contributed by atoms with van der Waals surface area (Å²) in [6.07, 6.45) is 1.95. The van der Waals surface area contributed by atoms with Crippen LogP contribution in [0, 0.1) is 0 Å². The number of hydrogen-bond acceptors (Lipinski definition) is 7. The molecule has 2 aromatic heterocycles. The topological polar surface area (TPSA) is 81.4 Å². The molecule has 1 amide bonds. The Morgan fingerprint density at radius 2 is 2.32 bits per heavy atom. The van der Waals surface area contributed by atoms with E-state index in [1.165, 1.54) is 23.1 Å². The highest BCUT2D eigenvalue weighted by Gasteiger charge is 2.09. The SMILES string of the molecule is COc1ccccc1NC(=O)CCSc1nn2cnnc2s1. The maximum atomic E-state index is 12.0. The molecule has 114 valence electrons. The van der Waals surface area contributed by atoms with Gasteiger partial charge in [-0.25, -0.2) is 0 Å². The maximum absolute atomic E-state index is 12.0. The molecule has 3 aromatic rings. The van der Waals surface area contributed by atoms with Crippen molar-refractivity contribution in [1.82, 2.24) is 19.8 Å². The Balaban J connectivity index is 1.51. The number of nitrogens with one attached hydrogen (secondary N) is 1. The van der Waals surface area contributed by atoms with Crippen LogP contribution in [-0.2, 0) is 4.79 Å². The lowest BCUT2D eigenvalue weighted by molar-refractivity contribution is -0.115. The minimum Gasteiger partial charge on any atom is -0.495 e. The molecule has 0 atom stereocenters. The summed E-state index contributed by atoms with van der Waals surface area (Å²) in [7, 11) is 1.58. The highest BCUT2D eigenvalue weighted by Crippen LogP contribution is 2.25. The average Bonchev–Trinajstić information content (AvgIpc) is 3.09. The number of methoxy groups -OCH3 is 1. The lowest BCUT2D eigenvalue weighted by Crippen LogP contribution is -2.12. The van der Waals surface area contributed by atoms with E-state index in [0.29, 0.717) is 23.6 Å². The summed E-state index contributed by atoms with van der Waals surface area (Å²) in [4.78, 5) is 12.7. The normalized spacial score (nSPS) is 10.8. The van der Waals surface area contributed by atoms with Gasteiger partial charge in [0.25, 0.3) is 0 Å². The fraction of sp³-hybridized carbons (Fsp3) is 0.231. The van der Waals surface area contributed by atoms with Crippen LogP contribution in [0.3, 0.4) is 0 Å². The Bertz CT molecular complexity index is 757. The molecule has 2 heterocycles. The number of aromatic nitrogens is 4. The van der Waals surface area contributed by atoms with Gasteiger partial charge in [-0.15, -0.1) is 15.3 Å². The third-order valence-electron chi connectivity index (χ3n) is 2.80. The van der Waals surface area contributed by atoms with E-state index in [1.807, 2.05) is 24.3 Å². The Kier molecular flexibility index (Phi) is 4.54. The molecule has 1 N–H and O–H groups in total. The van der Waals surface area contributed by atoms with Crippen LogP contribution < -0.4 is 10.1 Å². The number of carbonyl (C=O) groups is 1. The van der Waals surface area contributed by atoms with Crippen LogP contribution in [0.1, 0.15) is 6.42 Å². The lowest BCUT2D eigenvalue weighted by Gasteiger charge is -2.09. The number of amides is 1. The van der Waals surface area contributed by atoms with E-state index in [9.17, 15) is 4.79 Å². The number of nitrogens with zero attached hydrogens (tertiary/aromatic N) is 4. The van der Waals surface area contributed by atoms with Gasteiger partial charge in [0, 0.05) is 12.2 Å². The van der Waals surface area contributed by atoms with E-state index in [0.717, 1.165) is 9.30 Å². The number of para-hydroxylation sites is 2. The number of fused-ring (bicyclic) bond motifs is 1. The molecule has 0 fully saturated rings. The predicted molar refractivity (Wildman–Crippen MR) is 85.6 cm³/mol. The third kappa shape index (κ3) is 3.37. The summed E-state index contributed by atoms with van der Waals surface area (Å²) in [5.41, 5.74) is 0.679. The maximum Gasteiger partial charge on any atom is 0.235 e. The second-order valence-electron chi connectivity index (χ2n) is 4.27. The molecule has 22 heavy (non-hydrogen) atoms. The number of benzene rings is 1. The largest absolute Gasteiger partial charge is 0.495 e. The average molecular weight is 335 g/mol. The molecular formula is C13H13N5O2S2. The van der Waals surface area contributed by atoms with Crippen molar-refractivity contribution in [3.05, 3.63) is 30.6 Å². The number of hydrogen-bond donors (Lipinski definition) is 1. The van der Waals surface area contributed by atoms with Gasteiger partial charge < -0.3 is 10.1 Å². The van der Waals surface area contributed by atoms with Gasteiger partial charge in [0.2, 0.25) is 10.9 Å². The van der Waals surface area contributed by atoms with Crippen molar-refractivity contribution in [2.75, 3.05) is 18.2 Å². The van der Waals surface area contributed by atoms with E-state index in [4.69, 9.17) is 4.74 Å². The van der Waals surface area contributed by atoms with Crippen molar-refractivity contribution in [3.8, 4) is 5.75 Å². The fourth-order valence-corrected chi connectivity index (χ4v) is 3.66. The van der Waals surface area contributed by atoms with Gasteiger partial charge in [-0.3, -0.25) is 4.79 Å². The van der Waals surface area contributed by atoms with E-state index in [-0.39, 0.29) is 5.91 Å². The van der Waals surface area contributed by atoms with Crippen LogP contribution in [0.5, 0.6) is 5.75 Å². The van der Waals surface area contributed by atoms with Crippen LogP contribution in [0.25, 0.3) is 4.96 Å². The molecule has 3 rings (SSSR count). The highest BCUT2D eigenvalue weighted by molar-refractivity contribution is 8.01. The summed E-state index contributed by atoms with van der Waals surface area (Å²) in [5.74, 6) is 1.24. The van der Waals surface area contributed by atoms with Crippen molar-refractivity contribution >= 4 is 39.7 Å². The van der Waals surface area contributed by atoms with Crippen LogP contribution in [-0.4, -0.2) is 38.6 Å². The molecule has 0 saturated heterocycles. The highest BCUT2D eigenvalue weighted by atomic mass is 32.2. The standard InChI is InChI=1S/C13H13N5O2S2/c1-20-10-5-3-2-4-9(10)15-11(19)6-7-21-13-17-18-8-14-16-12(18)22-13/h2-5,8H,6-7H2,1H3,(H,15,19). The van der Waals surface area contributed by atoms with E-state index < -0.39 is 0 Å². The second kappa shape index (κ2) is 6.75. The first-order valence-corrected chi connectivity index (χ1v) is 8.29. The molecule has 0 unspecified atom stereocenters. The Labute approximate surface area is 134 Å². The smallest absolute Gasteiger partial charge is 0.235 e. The number of carbonyl (C=O) groups excluding carboxylic acids is 1. The Hall–Kier alpha value is -2.13. The molecular weight excluding hydrogens is 322 g/mol. The molecule has 0 spiro atoms. The summed E-state index contributed by atoms with van der Waals surface area (Å²) < 4.78 is 7.70. The quantitative estimate of drug-likeness (QED) is 0.696. The summed E-state index contributed by atoms with van der Waals surface area (Å²) in [6.45, 7) is 0.